The first-order valence-corrected chi connectivity index (χ1v) is 16.6. The normalized spacial score (nSPS) is 16.4. The summed E-state index contributed by atoms with van der Waals surface area (Å²) in [5, 5.41) is 49.3. The SMILES string of the molecule is [C-]#[N+]/C(C#N)=C(/C(C#N)=C/C=C/C1=C(N2CCN(C(=O)OCC)CC2)C(=C/C=C/C(C#N)=C(\c2ccccc2)C(C#N)C#N)CC1)c1ccccc1. The number of carbonyl (C=O) groups excluding carboxylic acids is 1. The number of rotatable bonds is 10. The maximum atomic E-state index is 12.4. The van der Waals surface area contributed by atoms with E-state index < -0.39 is 5.92 Å². The maximum Gasteiger partial charge on any atom is 0.409 e. The van der Waals surface area contributed by atoms with Gasteiger partial charge in [0.1, 0.15) is 0 Å². The van der Waals surface area contributed by atoms with E-state index in [0.717, 1.165) is 16.8 Å². The van der Waals surface area contributed by atoms with Crippen LogP contribution in [0.15, 0.2) is 131 Å². The zero-order valence-corrected chi connectivity index (χ0v) is 28.7. The molecule has 0 atom stereocenters. The molecule has 1 fully saturated rings. The quantitative estimate of drug-likeness (QED) is 0.140. The monoisotopic (exact) mass is 682 g/mol. The molecule has 0 saturated carbocycles. The maximum absolute atomic E-state index is 12.4. The lowest BCUT2D eigenvalue weighted by molar-refractivity contribution is 0.0873. The molecule has 10 nitrogen and oxygen atoms in total. The van der Waals surface area contributed by atoms with Crippen LogP contribution in [-0.2, 0) is 4.74 Å². The fraction of sp³-hybridized carbons (Fsp3) is 0.214. The van der Waals surface area contributed by atoms with Crippen LogP contribution in [0.2, 0.25) is 0 Å². The van der Waals surface area contributed by atoms with Gasteiger partial charge in [-0.25, -0.2) is 14.9 Å². The third-order valence-electron chi connectivity index (χ3n) is 8.46. The molecule has 0 bridgehead atoms. The third-order valence-corrected chi connectivity index (χ3v) is 8.46. The van der Waals surface area contributed by atoms with E-state index in [1.807, 2.05) is 42.5 Å². The third kappa shape index (κ3) is 8.99. The first kappa shape index (κ1) is 37.4. The summed E-state index contributed by atoms with van der Waals surface area (Å²) in [4.78, 5) is 19.7. The first-order chi connectivity index (χ1) is 25.4. The fourth-order valence-electron chi connectivity index (χ4n) is 6.07. The summed E-state index contributed by atoms with van der Waals surface area (Å²) in [5.41, 5.74) is 4.95. The molecule has 1 heterocycles. The summed E-state index contributed by atoms with van der Waals surface area (Å²) >= 11 is 0. The Morgan fingerprint density at radius 1 is 0.885 bits per heavy atom. The van der Waals surface area contributed by atoms with Crippen LogP contribution in [0.1, 0.15) is 30.9 Å². The number of piperazine rings is 1. The lowest BCUT2D eigenvalue weighted by Crippen LogP contribution is -2.48. The molecule has 4 rings (SSSR count). The summed E-state index contributed by atoms with van der Waals surface area (Å²) in [6, 6.07) is 28.0. The molecule has 10 heteroatoms. The van der Waals surface area contributed by atoms with Crippen LogP contribution in [0, 0.1) is 69.1 Å². The van der Waals surface area contributed by atoms with Crippen molar-refractivity contribution in [2.75, 3.05) is 32.8 Å². The van der Waals surface area contributed by atoms with Gasteiger partial charge in [-0.1, -0.05) is 85.0 Å². The molecular formula is C42H34N8O2. The Balaban J connectivity index is 1.76. The molecule has 1 aliphatic heterocycles. The van der Waals surface area contributed by atoms with Gasteiger partial charge >= 0.3 is 6.09 Å². The van der Waals surface area contributed by atoms with Gasteiger partial charge in [0.05, 0.1) is 54.7 Å². The highest BCUT2D eigenvalue weighted by atomic mass is 16.6. The number of amides is 1. The summed E-state index contributed by atoms with van der Waals surface area (Å²) in [5.74, 6) is -1.13. The number of allylic oxidation sites excluding steroid dienone is 13. The summed E-state index contributed by atoms with van der Waals surface area (Å²) < 4.78 is 5.20. The molecule has 0 aromatic heterocycles. The van der Waals surface area contributed by atoms with E-state index in [1.165, 1.54) is 0 Å². The van der Waals surface area contributed by atoms with E-state index in [4.69, 9.17) is 11.3 Å². The molecule has 2 aromatic rings. The van der Waals surface area contributed by atoms with Gasteiger partial charge in [-0.15, -0.1) is 0 Å². The molecule has 1 amide bonds. The Morgan fingerprint density at radius 2 is 1.54 bits per heavy atom. The van der Waals surface area contributed by atoms with Crippen molar-refractivity contribution in [1.29, 1.82) is 26.3 Å². The molecule has 254 valence electrons. The number of ether oxygens (including phenoxy) is 1. The standard InChI is InChI=1S/C42H34N8O2/c1-3-52-42(51)50-24-22-49(23-25-50)41-33(16-10-18-35(26-43)39(37(28-45)29-46)31-12-6-4-7-13-31)20-21-34(41)17-11-19-36(27-44)40(38(30-47)48-2)32-14-8-5-9-15-32/h4-19,37H,3,20-25H2,1H3/b17-11+,18-10+,33-16?,36-19+,39-35-,40-38+. The second-order valence-corrected chi connectivity index (χ2v) is 11.5. The van der Waals surface area contributed by atoms with E-state index in [9.17, 15) is 31.1 Å². The average Bonchev–Trinajstić information content (AvgIpc) is 3.59. The van der Waals surface area contributed by atoms with Gasteiger partial charge in [-0.2, -0.15) is 21.0 Å². The zero-order valence-electron chi connectivity index (χ0n) is 28.7. The minimum Gasteiger partial charge on any atom is -0.450 e. The Kier molecular flexibility index (Phi) is 13.7. The van der Waals surface area contributed by atoms with Gasteiger partial charge < -0.3 is 14.5 Å². The van der Waals surface area contributed by atoms with Gasteiger partial charge in [-0.3, -0.25) is 0 Å². The Bertz CT molecular complexity index is 2110. The molecular weight excluding hydrogens is 649 g/mol. The minimum absolute atomic E-state index is 0.176. The lowest BCUT2D eigenvalue weighted by Gasteiger charge is -2.37. The van der Waals surface area contributed by atoms with E-state index in [2.05, 4.69) is 21.9 Å². The first-order valence-electron chi connectivity index (χ1n) is 16.6. The molecule has 2 aromatic carbocycles. The molecule has 2 aliphatic rings. The topological polar surface area (TPSA) is 156 Å². The van der Waals surface area contributed by atoms with Crippen LogP contribution in [0.3, 0.4) is 0 Å². The molecule has 1 saturated heterocycles. The van der Waals surface area contributed by atoms with Crippen LogP contribution >= 0.6 is 0 Å². The summed E-state index contributed by atoms with van der Waals surface area (Å²) in [6.45, 7) is 11.6. The smallest absolute Gasteiger partial charge is 0.409 e. The molecule has 0 spiro atoms. The van der Waals surface area contributed by atoms with Crippen LogP contribution in [0.25, 0.3) is 16.0 Å². The number of benzene rings is 2. The van der Waals surface area contributed by atoms with Crippen molar-refractivity contribution in [3.05, 3.63) is 153 Å². The summed E-state index contributed by atoms with van der Waals surface area (Å²) in [7, 11) is 0. The highest BCUT2D eigenvalue weighted by Gasteiger charge is 2.28. The average molecular weight is 683 g/mol. The fourth-order valence-corrected chi connectivity index (χ4v) is 6.07. The van der Waals surface area contributed by atoms with Gasteiger partial charge in [0, 0.05) is 43.0 Å². The van der Waals surface area contributed by atoms with Crippen molar-refractivity contribution in [3.8, 4) is 30.3 Å². The Morgan fingerprint density at radius 3 is 2.10 bits per heavy atom. The molecule has 0 N–H and O–H groups in total. The predicted octanol–water partition coefficient (Wildman–Crippen LogP) is 7.79. The van der Waals surface area contributed by atoms with Crippen LogP contribution in [0.4, 0.5) is 4.79 Å². The predicted molar refractivity (Wildman–Crippen MR) is 196 cm³/mol. The minimum atomic E-state index is -1.13. The van der Waals surface area contributed by atoms with Crippen LogP contribution in [0.5, 0.6) is 0 Å². The number of hydrogen-bond donors (Lipinski definition) is 0. The van der Waals surface area contributed by atoms with E-state index in [1.54, 1.807) is 84.7 Å². The molecule has 0 radical (unpaired) electrons. The van der Waals surface area contributed by atoms with Gasteiger partial charge in [0.25, 0.3) is 5.70 Å². The van der Waals surface area contributed by atoms with E-state index in [-0.39, 0.29) is 35.1 Å². The highest BCUT2D eigenvalue weighted by Crippen LogP contribution is 2.36. The van der Waals surface area contributed by atoms with Crippen LogP contribution < -0.4 is 0 Å². The van der Waals surface area contributed by atoms with Crippen molar-refractivity contribution in [2.24, 2.45) is 5.92 Å². The van der Waals surface area contributed by atoms with Crippen molar-refractivity contribution in [3.63, 3.8) is 0 Å². The van der Waals surface area contributed by atoms with Gasteiger partial charge in [0.2, 0.25) is 0 Å². The Hall–Kier alpha value is -7.37. The zero-order chi connectivity index (χ0) is 37.3. The van der Waals surface area contributed by atoms with Gasteiger partial charge in [-0.05, 0) is 54.2 Å². The van der Waals surface area contributed by atoms with Crippen molar-refractivity contribution < 1.29 is 9.53 Å². The van der Waals surface area contributed by atoms with Crippen molar-refractivity contribution in [1.82, 2.24) is 9.80 Å². The number of nitrogens with zero attached hydrogens (tertiary/aromatic N) is 8. The van der Waals surface area contributed by atoms with Crippen molar-refractivity contribution in [2.45, 2.75) is 19.8 Å². The molecule has 52 heavy (non-hydrogen) atoms. The van der Waals surface area contributed by atoms with Gasteiger partial charge in [0.15, 0.2) is 5.92 Å². The lowest BCUT2D eigenvalue weighted by atomic mass is 9.90. The van der Waals surface area contributed by atoms with Crippen molar-refractivity contribution >= 4 is 17.2 Å². The number of carbonyl (C=O) groups is 1. The molecule has 1 aliphatic carbocycles. The molecule has 0 unspecified atom stereocenters. The van der Waals surface area contributed by atoms with E-state index >= 15 is 0 Å². The number of nitriles is 5. The number of hydrogen-bond acceptors (Lipinski definition) is 8. The second-order valence-electron chi connectivity index (χ2n) is 11.5. The van der Waals surface area contributed by atoms with E-state index in [0.29, 0.717) is 55.7 Å². The second kappa shape index (κ2) is 19.0. The highest BCUT2D eigenvalue weighted by molar-refractivity contribution is 5.88. The Labute approximate surface area is 304 Å². The largest absolute Gasteiger partial charge is 0.450 e. The van der Waals surface area contributed by atoms with Crippen LogP contribution in [-0.4, -0.2) is 48.7 Å². The summed E-state index contributed by atoms with van der Waals surface area (Å²) in [6.07, 6.45) is 11.5.